The van der Waals surface area contributed by atoms with Crippen LogP contribution >= 0.6 is 0 Å². The van der Waals surface area contributed by atoms with Gasteiger partial charge in [-0.2, -0.15) is 0 Å². The van der Waals surface area contributed by atoms with Gasteiger partial charge in [-0.25, -0.2) is 4.79 Å². The number of hydrogen-bond donors (Lipinski definition) is 3. The van der Waals surface area contributed by atoms with Crippen LogP contribution in [0.4, 0.5) is 0 Å². The summed E-state index contributed by atoms with van der Waals surface area (Å²) in [5, 5.41) is 11.6. The van der Waals surface area contributed by atoms with E-state index in [9.17, 15) is 9.59 Å². The molecule has 0 aliphatic rings. The van der Waals surface area contributed by atoms with E-state index >= 15 is 0 Å². The van der Waals surface area contributed by atoms with Crippen LogP contribution in [-0.4, -0.2) is 29.6 Å². The third-order valence-corrected chi connectivity index (χ3v) is 3.32. The molecule has 0 saturated carbocycles. The second-order valence-corrected chi connectivity index (χ2v) is 4.99. The van der Waals surface area contributed by atoms with Gasteiger partial charge in [-0.1, -0.05) is 27.2 Å². The van der Waals surface area contributed by atoms with Gasteiger partial charge in [0.1, 0.15) is 6.04 Å². The molecule has 5 nitrogen and oxygen atoms in total. The first-order chi connectivity index (χ1) is 8.42. The molecule has 0 aliphatic heterocycles. The SMILES string of the molecule is CC[C@@H](C)[C@@H](NC(=O)CCC(C)CCN)C(=O)O. The van der Waals surface area contributed by atoms with Crippen molar-refractivity contribution in [1.29, 1.82) is 0 Å². The van der Waals surface area contributed by atoms with Gasteiger partial charge in [0.2, 0.25) is 5.91 Å². The van der Waals surface area contributed by atoms with Crippen molar-refractivity contribution < 1.29 is 14.7 Å². The fourth-order valence-electron chi connectivity index (χ4n) is 1.74. The van der Waals surface area contributed by atoms with Crippen LogP contribution in [0.1, 0.15) is 46.5 Å². The highest BCUT2D eigenvalue weighted by Crippen LogP contribution is 2.11. The summed E-state index contributed by atoms with van der Waals surface area (Å²) in [6.07, 6.45) is 2.72. The van der Waals surface area contributed by atoms with Crippen LogP contribution in [-0.2, 0) is 9.59 Å². The molecule has 1 amide bonds. The predicted molar refractivity (Wildman–Crippen MR) is 71.1 cm³/mol. The molecule has 0 bridgehead atoms. The summed E-state index contributed by atoms with van der Waals surface area (Å²) in [5.74, 6) is -0.820. The molecule has 0 rings (SSSR count). The number of carbonyl (C=O) groups is 2. The molecule has 0 spiro atoms. The lowest BCUT2D eigenvalue weighted by atomic mass is 9.98. The normalized spacial score (nSPS) is 15.8. The molecule has 106 valence electrons. The topological polar surface area (TPSA) is 92.4 Å². The fourth-order valence-corrected chi connectivity index (χ4v) is 1.74. The van der Waals surface area contributed by atoms with Crippen molar-refractivity contribution in [3.05, 3.63) is 0 Å². The summed E-state index contributed by atoms with van der Waals surface area (Å²) in [7, 11) is 0. The number of aliphatic carboxylic acids is 1. The first kappa shape index (κ1) is 16.9. The minimum atomic E-state index is -0.965. The van der Waals surface area contributed by atoms with Crippen LogP contribution in [0.25, 0.3) is 0 Å². The molecule has 0 heterocycles. The van der Waals surface area contributed by atoms with Gasteiger partial charge in [0.15, 0.2) is 0 Å². The van der Waals surface area contributed by atoms with Crippen LogP contribution in [0, 0.1) is 11.8 Å². The summed E-state index contributed by atoms with van der Waals surface area (Å²) in [5.41, 5.74) is 5.44. The van der Waals surface area contributed by atoms with Crippen LogP contribution in [0.2, 0.25) is 0 Å². The van der Waals surface area contributed by atoms with Gasteiger partial charge in [0.25, 0.3) is 0 Å². The Morgan fingerprint density at radius 1 is 1.28 bits per heavy atom. The average Bonchev–Trinajstić information content (AvgIpc) is 2.32. The van der Waals surface area contributed by atoms with Gasteiger partial charge in [0.05, 0.1) is 0 Å². The zero-order valence-corrected chi connectivity index (χ0v) is 11.6. The van der Waals surface area contributed by atoms with E-state index in [1.807, 2.05) is 20.8 Å². The molecule has 18 heavy (non-hydrogen) atoms. The van der Waals surface area contributed by atoms with E-state index in [1.54, 1.807) is 0 Å². The van der Waals surface area contributed by atoms with Crippen molar-refractivity contribution in [3.63, 3.8) is 0 Å². The lowest BCUT2D eigenvalue weighted by molar-refractivity contribution is -0.143. The molecule has 1 unspecified atom stereocenters. The largest absolute Gasteiger partial charge is 0.480 e. The van der Waals surface area contributed by atoms with Crippen molar-refractivity contribution >= 4 is 11.9 Å². The Morgan fingerprint density at radius 3 is 2.33 bits per heavy atom. The summed E-state index contributed by atoms with van der Waals surface area (Å²) in [6, 6.07) is -0.785. The van der Waals surface area contributed by atoms with E-state index in [2.05, 4.69) is 5.32 Å². The van der Waals surface area contributed by atoms with E-state index in [0.717, 1.165) is 19.3 Å². The molecule has 0 saturated heterocycles. The summed E-state index contributed by atoms with van der Waals surface area (Å²) in [6.45, 7) is 6.41. The van der Waals surface area contributed by atoms with Gasteiger partial charge < -0.3 is 16.2 Å². The van der Waals surface area contributed by atoms with Crippen molar-refractivity contribution in [2.45, 2.75) is 52.5 Å². The Morgan fingerprint density at radius 2 is 1.89 bits per heavy atom. The van der Waals surface area contributed by atoms with Crippen molar-refractivity contribution in [2.75, 3.05) is 6.54 Å². The van der Waals surface area contributed by atoms with Crippen molar-refractivity contribution in [2.24, 2.45) is 17.6 Å². The number of carboxylic acids is 1. The molecule has 0 radical (unpaired) electrons. The Balaban J connectivity index is 4.14. The van der Waals surface area contributed by atoms with E-state index in [0.29, 0.717) is 18.9 Å². The quantitative estimate of drug-likeness (QED) is 0.582. The highest BCUT2D eigenvalue weighted by molar-refractivity contribution is 5.83. The molecule has 0 aromatic carbocycles. The van der Waals surface area contributed by atoms with Gasteiger partial charge in [-0.3, -0.25) is 4.79 Å². The zero-order chi connectivity index (χ0) is 14.1. The molecular formula is C13H26N2O3. The number of nitrogens with one attached hydrogen (secondary N) is 1. The number of nitrogens with two attached hydrogens (primary N) is 1. The first-order valence-corrected chi connectivity index (χ1v) is 6.64. The number of carboxylic acid groups (broad SMARTS) is 1. The molecule has 4 N–H and O–H groups in total. The lowest BCUT2D eigenvalue weighted by Crippen LogP contribution is -2.45. The molecule has 3 atom stereocenters. The maximum atomic E-state index is 11.7. The molecule has 0 aliphatic carbocycles. The minimum absolute atomic E-state index is 0.0621. The van der Waals surface area contributed by atoms with Crippen LogP contribution in [0.15, 0.2) is 0 Å². The fraction of sp³-hybridized carbons (Fsp3) is 0.846. The van der Waals surface area contributed by atoms with E-state index in [4.69, 9.17) is 10.8 Å². The number of carbonyl (C=O) groups excluding carboxylic acids is 1. The van der Waals surface area contributed by atoms with Crippen molar-refractivity contribution in [3.8, 4) is 0 Å². The molecule has 0 aromatic heterocycles. The Kier molecular flexibility index (Phi) is 8.37. The van der Waals surface area contributed by atoms with Gasteiger partial charge in [-0.15, -0.1) is 0 Å². The summed E-state index contributed by atoms with van der Waals surface area (Å²) >= 11 is 0. The zero-order valence-electron chi connectivity index (χ0n) is 11.6. The average molecular weight is 258 g/mol. The van der Waals surface area contributed by atoms with Crippen molar-refractivity contribution in [1.82, 2.24) is 5.32 Å². The molecule has 5 heteroatoms. The van der Waals surface area contributed by atoms with Crippen LogP contribution in [0.3, 0.4) is 0 Å². The van der Waals surface area contributed by atoms with Crippen LogP contribution < -0.4 is 11.1 Å². The first-order valence-electron chi connectivity index (χ1n) is 6.64. The second kappa shape index (κ2) is 8.91. The predicted octanol–water partition coefficient (Wildman–Crippen LogP) is 1.37. The van der Waals surface area contributed by atoms with Gasteiger partial charge >= 0.3 is 5.97 Å². The Bertz CT molecular complexity index is 269. The number of hydrogen-bond acceptors (Lipinski definition) is 3. The maximum absolute atomic E-state index is 11.7. The van der Waals surface area contributed by atoms with Gasteiger partial charge in [0, 0.05) is 6.42 Å². The third kappa shape index (κ3) is 6.59. The summed E-state index contributed by atoms with van der Waals surface area (Å²) in [4.78, 5) is 22.7. The Labute approximate surface area is 109 Å². The van der Waals surface area contributed by atoms with E-state index in [1.165, 1.54) is 0 Å². The maximum Gasteiger partial charge on any atom is 0.326 e. The van der Waals surface area contributed by atoms with E-state index in [-0.39, 0.29) is 11.8 Å². The summed E-state index contributed by atoms with van der Waals surface area (Å²) < 4.78 is 0. The second-order valence-electron chi connectivity index (χ2n) is 4.99. The third-order valence-electron chi connectivity index (χ3n) is 3.32. The molecule has 0 aromatic rings. The Hall–Kier alpha value is -1.10. The van der Waals surface area contributed by atoms with Crippen LogP contribution in [0.5, 0.6) is 0 Å². The minimum Gasteiger partial charge on any atom is -0.480 e. The number of rotatable bonds is 9. The highest BCUT2D eigenvalue weighted by Gasteiger charge is 2.25. The lowest BCUT2D eigenvalue weighted by Gasteiger charge is -2.20. The monoisotopic (exact) mass is 258 g/mol. The smallest absolute Gasteiger partial charge is 0.326 e. The standard InChI is InChI=1S/C13H26N2O3/c1-4-10(3)12(13(17)18)15-11(16)6-5-9(2)7-8-14/h9-10,12H,4-8,14H2,1-3H3,(H,15,16)(H,17,18)/t9?,10-,12-/m1/s1. The van der Waals surface area contributed by atoms with Gasteiger partial charge in [-0.05, 0) is 31.2 Å². The highest BCUT2D eigenvalue weighted by atomic mass is 16.4. The number of amides is 1. The van der Waals surface area contributed by atoms with E-state index < -0.39 is 12.0 Å². The molecular weight excluding hydrogens is 232 g/mol. The molecule has 0 fully saturated rings.